The van der Waals surface area contributed by atoms with Crippen molar-refractivity contribution in [2.75, 3.05) is 7.11 Å². The molecule has 1 atom stereocenters. The van der Waals surface area contributed by atoms with Gasteiger partial charge in [0.2, 0.25) is 5.91 Å². The third-order valence-electron chi connectivity index (χ3n) is 3.16. The fraction of sp³-hybridized carbons (Fsp3) is 0.467. The van der Waals surface area contributed by atoms with Gasteiger partial charge in [-0.15, -0.1) is 0 Å². The first kappa shape index (κ1) is 16.0. The van der Waals surface area contributed by atoms with Crippen LogP contribution in [0.1, 0.15) is 32.3 Å². The summed E-state index contributed by atoms with van der Waals surface area (Å²) in [6, 6.07) is 7.11. The van der Waals surface area contributed by atoms with Crippen LogP contribution in [-0.2, 0) is 16.0 Å². The monoisotopic (exact) mass is 279 g/mol. The Kier molecular flexibility index (Phi) is 5.55. The highest BCUT2D eigenvalue weighted by molar-refractivity contribution is 5.87. The summed E-state index contributed by atoms with van der Waals surface area (Å²) in [5.41, 5.74) is -0.397. The van der Waals surface area contributed by atoms with E-state index in [1.54, 1.807) is 31.4 Å². The number of carboxylic acid groups (broad SMARTS) is 1. The second-order valence-electron chi connectivity index (χ2n) is 4.96. The normalized spacial score (nSPS) is 13.3. The van der Waals surface area contributed by atoms with E-state index in [0.717, 1.165) is 11.3 Å². The Balaban J connectivity index is 2.67. The van der Waals surface area contributed by atoms with Gasteiger partial charge >= 0.3 is 5.97 Å². The van der Waals surface area contributed by atoms with Crippen molar-refractivity contribution in [3.63, 3.8) is 0 Å². The Bertz CT molecular complexity index is 469. The molecule has 1 aromatic carbocycles. The van der Waals surface area contributed by atoms with Crippen LogP contribution in [0.3, 0.4) is 0 Å². The van der Waals surface area contributed by atoms with Gasteiger partial charge in [-0.1, -0.05) is 25.5 Å². The van der Waals surface area contributed by atoms with E-state index in [1.807, 2.05) is 6.92 Å². The van der Waals surface area contributed by atoms with Crippen LogP contribution in [0.4, 0.5) is 0 Å². The van der Waals surface area contributed by atoms with Crippen molar-refractivity contribution < 1.29 is 19.4 Å². The molecule has 0 bridgehead atoms. The number of benzene rings is 1. The molecule has 1 amide bonds. The van der Waals surface area contributed by atoms with Gasteiger partial charge in [-0.2, -0.15) is 0 Å². The van der Waals surface area contributed by atoms with Gasteiger partial charge in [-0.3, -0.25) is 4.79 Å². The number of hydrogen-bond donors (Lipinski definition) is 2. The van der Waals surface area contributed by atoms with E-state index in [0.29, 0.717) is 12.8 Å². The number of amides is 1. The minimum Gasteiger partial charge on any atom is -0.497 e. The molecule has 2 N–H and O–H groups in total. The summed E-state index contributed by atoms with van der Waals surface area (Å²) in [7, 11) is 1.57. The zero-order valence-electron chi connectivity index (χ0n) is 12.1. The molecule has 0 saturated carbocycles. The summed E-state index contributed by atoms with van der Waals surface area (Å²) in [5, 5.41) is 11.8. The average molecular weight is 279 g/mol. The van der Waals surface area contributed by atoms with Crippen molar-refractivity contribution in [1.29, 1.82) is 0 Å². The molecule has 1 aromatic rings. The average Bonchev–Trinajstić information content (AvgIpc) is 2.39. The first-order chi connectivity index (χ1) is 9.41. The van der Waals surface area contributed by atoms with Crippen LogP contribution < -0.4 is 10.1 Å². The largest absolute Gasteiger partial charge is 0.497 e. The third kappa shape index (κ3) is 4.26. The molecule has 5 heteroatoms. The number of nitrogens with one attached hydrogen (secondary N) is 1. The number of carbonyl (C=O) groups excluding carboxylic acids is 1. The van der Waals surface area contributed by atoms with E-state index in [2.05, 4.69) is 5.32 Å². The molecule has 0 heterocycles. The highest BCUT2D eigenvalue weighted by Gasteiger charge is 2.33. The quantitative estimate of drug-likeness (QED) is 0.800. The second kappa shape index (κ2) is 6.93. The molecule has 0 fully saturated rings. The van der Waals surface area contributed by atoms with Gasteiger partial charge in [-0.25, -0.2) is 4.79 Å². The number of rotatable bonds is 7. The highest BCUT2D eigenvalue weighted by Crippen LogP contribution is 2.15. The van der Waals surface area contributed by atoms with Crippen molar-refractivity contribution in [3.05, 3.63) is 29.8 Å². The first-order valence-electron chi connectivity index (χ1n) is 6.58. The fourth-order valence-electron chi connectivity index (χ4n) is 2.00. The molecule has 0 aliphatic heterocycles. The number of hydrogen-bond acceptors (Lipinski definition) is 3. The Labute approximate surface area is 118 Å². The zero-order chi connectivity index (χ0) is 15.2. The highest BCUT2D eigenvalue weighted by atomic mass is 16.5. The van der Waals surface area contributed by atoms with Gasteiger partial charge in [0, 0.05) is 0 Å². The fourth-order valence-corrected chi connectivity index (χ4v) is 2.00. The summed E-state index contributed by atoms with van der Waals surface area (Å²) in [6.07, 6.45) is 1.24. The van der Waals surface area contributed by atoms with Gasteiger partial charge in [0.15, 0.2) is 0 Å². The molecular weight excluding hydrogens is 258 g/mol. The first-order valence-corrected chi connectivity index (χ1v) is 6.58. The smallest absolute Gasteiger partial charge is 0.329 e. The SMILES string of the molecule is CCCC(C)(NC(=O)Cc1ccc(OC)cc1)C(=O)O. The molecule has 0 radical (unpaired) electrons. The van der Waals surface area contributed by atoms with Crippen molar-refractivity contribution >= 4 is 11.9 Å². The summed E-state index contributed by atoms with van der Waals surface area (Å²) in [6.45, 7) is 3.42. The lowest BCUT2D eigenvalue weighted by Gasteiger charge is -2.25. The van der Waals surface area contributed by atoms with Crippen molar-refractivity contribution in [2.24, 2.45) is 0 Å². The molecule has 1 unspecified atom stereocenters. The van der Waals surface area contributed by atoms with Crippen molar-refractivity contribution in [1.82, 2.24) is 5.32 Å². The minimum absolute atomic E-state index is 0.149. The van der Waals surface area contributed by atoms with Gasteiger partial charge in [-0.05, 0) is 31.0 Å². The van der Waals surface area contributed by atoms with Crippen LogP contribution in [0.2, 0.25) is 0 Å². The van der Waals surface area contributed by atoms with Crippen LogP contribution in [-0.4, -0.2) is 29.6 Å². The van der Waals surface area contributed by atoms with Crippen LogP contribution >= 0.6 is 0 Å². The summed E-state index contributed by atoms with van der Waals surface area (Å²) in [4.78, 5) is 23.2. The summed E-state index contributed by atoms with van der Waals surface area (Å²) in [5.74, 6) is -0.591. The van der Waals surface area contributed by atoms with Gasteiger partial charge < -0.3 is 15.2 Å². The predicted molar refractivity (Wildman–Crippen MR) is 75.8 cm³/mol. The minimum atomic E-state index is -1.21. The Morgan fingerprint density at radius 3 is 2.35 bits per heavy atom. The maximum absolute atomic E-state index is 12.0. The van der Waals surface area contributed by atoms with E-state index in [-0.39, 0.29) is 12.3 Å². The van der Waals surface area contributed by atoms with Crippen LogP contribution in [0.25, 0.3) is 0 Å². The Hall–Kier alpha value is -2.04. The molecule has 0 aromatic heterocycles. The Morgan fingerprint density at radius 2 is 1.90 bits per heavy atom. The topological polar surface area (TPSA) is 75.6 Å². The van der Waals surface area contributed by atoms with Gasteiger partial charge in [0.1, 0.15) is 11.3 Å². The van der Waals surface area contributed by atoms with Crippen molar-refractivity contribution in [2.45, 2.75) is 38.6 Å². The van der Waals surface area contributed by atoms with Crippen LogP contribution in [0, 0.1) is 0 Å². The summed E-state index contributed by atoms with van der Waals surface area (Å²) < 4.78 is 5.04. The van der Waals surface area contributed by atoms with E-state index in [4.69, 9.17) is 4.74 Å². The van der Waals surface area contributed by atoms with E-state index < -0.39 is 11.5 Å². The van der Waals surface area contributed by atoms with E-state index in [9.17, 15) is 14.7 Å². The molecule has 5 nitrogen and oxygen atoms in total. The molecule has 1 rings (SSSR count). The number of carbonyl (C=O) groups is 2. The Morgan fingerprint density at radius 1 is 1.30 bits per heavy atom. The predicted octanol–water partition coefficient (Wildman–Crippen LogP) is 2.00. The van der Waals surface area contributed by atoms with Crippen molar-refractivity contribution in [3.8, 4) is 5.75 Å². The number of methoxy groups -OCH3 is 1. The van der Waals surface area contributed by atoms with Gasteiger partial charge in [0.05, 0.1) is 13.5 Å². The lowest BCUT2D eigenvalue weighted by molar-refractivity contribution is -0.147. The zero-order valence-corrected chi connectivity index (χ0v) is 12.1. The molecule has 0 spiro atoms. The maximum Gasteiger partial charge on any atom is 0.329 e. The number of aliphatic carboxylic acids is 1. The lowest BCUT2D eigenvalue weighted by Crippen LogP contribution is -2.52. The maximum atomic E-state index is 12.0. The number of ether oxygens (including phenoxy) is 1. The van der Waals surface area contributed by atoms with Gasteiger partial charge in [0.25, 0.3) is 0 Å². The molecule has 110 valence electrons. The molecule has 0 saturated heterocycles. The summed E-state index contributed by atoms with van der Waals surface area (Å²) >= 11 is 0. The third-order valence-corrected chi connectivity index (χ3v) is 3.16. The van der Waals surface area contributed by atoms with E-state index in [1.165, 1.54) is 6.92 Å². The second-order valence-corrected chi connectivity index (χ2v) is 4.96. The van der Waals surface area contributed by atoms with Crippen LogP contribution in [0.5, 0.6) is 5.75 Å². The molecule has 0 aliphatic rings. The molecule has 20 heavy (non-hydrogen) atoms. The van der Waals surface area contributed by atoms with E-state index >= 15 is 0 Å². The standard InChI is InChI=1S/C15H21NO4/c1-4-9-15(2,14(18)19)16-13(17)10-11-5-7-12(20-3)8-6-11/h5-8H,4,9-10H2,1-3H3,(H,16,17)(H,18,19). The molecular formula is C15H21NO4. The lowest BCUT2D eigenvalue weighted by atomic mass is 9.96. The number of carboxylic acids is 1. The van der Waals surface area contributed by atoms with Crippen LogP contribution in [0.15, 0.2) is 24.3 Å². The molecule has 0 aliphatic carbocycles.